The molecule has 1 unspecified atom stereocenters. The van der Waals surface area contributed by atoms with Gasteiger partial charge in [0.2, 0.25) is 0 Å². The largest absolute Gasteiger partial charge is 0.467 e. The molecule has 2 aliphatic rings. The van der Waals surface area contributed by atoms with Crippen LogP contribution < -0.4 is 0 Å². The van der Waals surface area contributed by atoms with Gasteiger partial charge in [-0.25, -0.2) is 19.2 Å². The number of Topliss-reactive ketones (excluding diaryl/α,β-unsaturated/α-hetero) is 1. The van der Waals surface area contributed by atoms with Crippen molar-refractivity contribution in [2.24, 2.45) is 0 Å². The molecule has 0 radical (unpaired) electrons. The second kappa shape index (κ2) is 14.6. The van der Waals surface area contributed by atoms with Gasteiger partial charge >= 0.3 is 24.1 Å². The van der Waals surface area contributed by atoms with Crippen molar-refractivity contribution in [3.63, 3.8) is 0 Å². The van der Waals surface area contributed by atoms with Crippen LogP contribution in [0.1, 0.15) is 93.2 Å². The van der Waals surface area contributed by atoms with E-state index >= 15 is 0 Å². The number of carbonyl (C=O) groups excluding carboxylic acids is 5. The second-order valence-electron chi connectivity index (χ2n) is 12.4. The molecular formula is C33H44N2O10. The third-order valence-corrected chi connectivity index (χ3v) is 6.56. The maximum Gasteiger partial charge on any atom is 0.410 e. The third kappa shape index (κ3) is 9.77. The van der Waals surface area contributed by atoms with E-state index in [1.54, 1.807) is 67.0 Å². The van der Waals surface area contributed by atoms with Gasteiger partial charge in [0, 0.05) is 31.7 Å². The molecule has 1 N–H and O–H groups in total. The molecule has 2 aromatic carbocycles. The number of rotatable bonds is 4. The minimum atomic E-state index is -1.31. The quantitative estimate of drug-likeness (QED) is 0.210. The van der Waals surface area contributed by atoms with E-state index in [1.807, 2.05) is 20.8 Å². The molecule has 0 saturated carbocycles. The number of aliphatic hydroxyl groups is 1. The van der Waals surface area contributed by atoms with E-state index in [1.165, 1.54) is 7.11 Å². The van der Waals surface area contributed by atoms with E-state index in [-0.39, 0.29) is 19.1 Å². The Labute approximate surface area is 264 Å². The van der Waals surface area contributed by atoms with Crippen LogP contribution in [0.3, 0.4) is 0 Å². The van der Waals surface area contributed by atoms with Gasteiger partial charge in [0.25, 0.3) is 5.78 Å². The molecule has 4 rings (SSSR count). The van der Waals surface area contributed by atoms with Crippen molar-refractivity contribution in [2.45, 2.75) is 92.5 Å². The van der Waals surface area contributed by atoms with E-state index in [9.17, 15) is 29.1 Å². The van der Waals surface area contributed by atoms with Gasteiger partial charge < -0.3 is 24.1 Å². The molecule has 0 bridgehead atoms. The van der Waals surface area contributed by atoms with Crippen LogP contribution in [0, 0.1) is 0 Å². The highest BCUT2D eigenvalue weighted by atomic mass is 16.6. The molecule has 12 nitrogen and oxygen atoms in total. The summed E-state index contributed by atoms with van der Waals surface area (Å²) in [5.41, 5.74) is 3.26. The number of hydrogen-bond acceptors (Lipinski definition) is 10. The maximum atomic E-state index is 12.1. The molecule has 0 spiro atoms. The predicted molar refractivity (Wildman–Crippen MR) is 164 cm³/mol. The van der Waals surface area contributed by atoms with Crippen molar-refractivity contribution in [3.05, 3.63) is 69.8 Å². The highest BCUT2D eigenvalue weighted by Crippen LogP contribution is 2.28. The second-order valence-corrected chi connectivity index (χ2v) is 12.4. The highest BCUT2D eigenvalue weighted by molar-refractivity contribution is 6.40. The number of amides is 2. The molecule has 12 heteroatoms. The Hall–Kier alpha value is -4.45. The van der Waals surface area contributed by atoms with Crippen LogP contribution in [0.5, 0.6) is 0 Å². The monoisotopic (exact) mass is 628 g/mol. The van der Waals surface area contributed by atoms with Gasteiger partial charge in [-0.1, -0.05) is 37.8 Å². The minimum absolute atomic E-state index is 0. The lowest BCUT2D eigenvalue weighted by atomic mass is 10.0. The lowest BCUT2D eigenvalue weighted by molar-refractivity contribution is -0.150. The number of ketones is 1. The van der Waals surface area contributed by atoms with Gasteiger partial charge in [-0.3, -0.25) is 14.6 Å². The summed E-state index contributed by atoms with van der Waals surface area (Å²) in [4.78, 5) is 61.8. The summed E-state index contributed by atoms with van der Waals surface area (Å²) in [6, 6.07) is 10.1. The van der Waals surface area contributed by atoms with Crippen molar-refractivity contribution in [1.29, 1.82) is 0 Å². The number of hydrogen-bond donors (Lipinski definition) is 1. The van der Waals surface area contributed by atoms with E-state index in [4.69, 9.17) is 9.47 Å². The third-order valence-electron chi connectivity index (χ3n) is 6.56. The molecular weight excluding hydrogens is 584 g/mol. The molecule has 2 aliphatic heterocycles. The van der Waals surface area contributed by atoms with Crippen molar-refractivity contribution < 1.29 is 48.0 Å². The Bertz CT molecular complexity index is 1440. The summed E-state index contributed by atoms with van der Waals surface area (Å²) in [5, 5.41) is 9.87. The number of nitrogens with zero attached hydrogens (tertiary/aromatic N) is 2. The van der Waals surface area contributed by atoms with Gasteiger partial charge in [-0.2, -0.15) is 0 Å². The summed E-state index contributed by atoms with van der Waals surface area (Å²) in [6.45, 7) is 12.5. The Morgan fingerprint density at radius 2 is 1.13 bits per heavy atom. The Morgan fingerprint density at radius 1 is 0.689 bits per heavy atom. The predicted octanol–water partition coefficient (Wildman–Crippen LogP) is 5.07. The zero-order chi connectivity index (χ0) is 33.0. The van der Waals surface area contributed by atoms with Crippen molar-refractivity contribution in [2.75, 3.05) is 14.2 Å². The first-order valence-corrected chi connectivity index (χ1v) is 14.0. The molecule has 0 fully saturated rings. The van der Waals surface area contributed by atoms with Crippen LogP contribution in [0.2, 0.25) is 0 Å². The van der Waals surface area contributed by atoms with Gasteiger partial charge in [-0.05, 0) is 75.4 Å². The van der Waals surface area contributed by atoms with Crippen LogP contribution in [0.15, 0.2) is 36.4 Å². The number of esters is 2. The van der Waals surface area contributed by atoms with Gasteiger partial charge in [0.1, 0.15) is 11.2 Å². The molecule has 0 aliphatic carbocycles. The van der Waals surface area contributed by atoms with Crippen LogP contribution in [-0.4, -0.2) is 70.2 Å². The van der Waals surface area contributed by atoms with Crippen molar-refractivity contribution in [3.8, 4) is 0 Å². The zero-order valence-electron chi connectivity index (χ0n) is 26.4. The number of ether oxygens (including phenoxy) is 4. The van der Waals surface area contributed by atoms with E-state index in [2.05, 4.69) is 9.47 Å². The fraction of sp³-hybridized carbons (Fsp3) is 0.485. The first-order chi connectivity index (χ1) is 20.4. The highest BCUT2D eigenvalue weighted by Gasteiger charge is 2.30. The summed E-state index contributed by atoms with van der Waals surface area (Å²) in [7, 11) is 2.39. The molecule has 246 valence electrons. The summed E-state index contributed by atoms with van der Waals surface area (Å²) < 4.78 is 19.6. The van der Waals surface area contributed by atoms with E-state index < -0.39 is 41.1 Å². The number of methoxy groups -OCH3 is 2. The van der Waals surface area contributed by atoms with Crippen LogP contribution in [0.25, 0.3) is 0 Å². The molecule has 0 aromatic heterocycles. The fourth-order valence-corrected chi connectivity index (χ4v) is 4.49. The van der Waals surface area contributed by atoms with Crippen LogP contribution in [-0.2, 0) is 54.7 Å². The maximum absolute atomic E-state index is 12.1. The molecule has 1 atom stereocenters. The van der Waals surface area contributed by atoms with Gasteiger partial charge in [0.15, 0.2) is 6.10 Å². The molecule has 2 amide bonds. The Morgan fingerprint density at radius 3 is 1.58 bits per heavy atom. The normalized spacial score (nSPS) is 14.1. The smallest absolute Gasteiger partial charge is 0.410 e. The molecule has 2 heterocycles. The van der Waals surface area contributed by atoms with Crippen LogP contribution >= 0.6 is 0 Å². The standard InChI is InChI=1S/C16H21NO5.C16H19NO5.CH4/c2*1-16(2,3)22-15(20)17-8-11-6-5-10(7-12(11)9-17)13(18)14(19)21-4;/h5-7,13,18H,8-9H2,1-4H3;5-7H,8-9H2,1-4H3;1H4. The van der Waals surface area contributed by atoms with E-state index in [0.717, 1.165) is 29.4 Å². The van der Waals surface area contributed by atoms with Gasteiger partial charge in [-0.15, -0.1) is 0 Å². The number of aliphatic hydroxyl groups excluding tert-OH is 1. The van der Waals surface area contributed by atoms with E-state index in [0.29, 0.717) is 31.7 Å². The topological polar surface area (TPSA) is 149 Å². The number of fused-ring (bicyclic) bond motifs is 2. The lowest BCUT2D eigenvalue weighted by Gasteiger charge is -2.24. The average Bonchev–Trinajstić information content (AvgIpc) is 3.58. The Kier molecular flexibility index (Phi) is 11.9. The molecule has 45 heavy (non-hydrogen) atoms. The first kappa shape index (κ1) is 36.7. The van der Waals surface area contributed by atoms with Crippen LogP contribution in [0.4, 0.5) is 9.59 Å². The van der Waals surface area contributed by atoms with Crippen molar-refractivity contribution >= 4 is 29.9 Å². The number of carbonyl (C=O) groups is 5. The summed E-state index contributed by atoms with van der Waals surface area (Å²) in [6.07, 6.45) is -2.09. The number of benzene rings is 2. The fourth-order valence-electron chi connectivity index (χ4n) is 4.49. The average molecular weight is 629 g/mol. The Balaban J connectivity index is 0.000000307. The minimum Gasteiger partial charge on any atom is -0.467 e. The summed E-state index contributed by atoms with van der Waals surface area (Å²) in [5.74, 6) is -2.30. The lowest BCUT2D eigenvalue weighted by Crippen LogP contribution is -2.33. The zero-order valence-corrected chi connectivity index (χ0v) is 26.4. The summed E-state index contributed by atoms with van der Waals surface area (Å²) >= 11 is 0. The van der Waals surface area contributed by atoms with Crippen molar-refractivity contribution in [1.82, 2.24) is 9.80 Å². The molecule has 0 saturated heterocycles. The van der Waals surface area contributed by atoms with Gasteiger partial charge in [0.05, 0.1) is 14.2 Å². The first-order valence-electron chi connectivity index (χ1n) is 14.0. The molecule has 2 aromatic rings. The SMILES string of the molecule is C.COC(=O)C(=O)c1ccc2c(c1)CN(C(=O)OC(C)(C)C)C2.COC(=O)C(O)c1ccc2c(c1)CN(C(=O)OC(C)(C)C)C2.